The number of amides is 3. The number of nitrogens with zero attached hydrogens (tertiary/aromatic N) is 7. The molecule has 6 heterocycles. The SMILES string of the molecule is Cc1cccc(-c2cn(C)c3ccc(-c4cccc(C(N)=O)n4)cc23)c1.Cc1cccc(B(O)O)c1.Cn1cc(Br)c2cc(-c3cccc(C(N)=O)n3)ccc21.Cn1ccc2cc(-c3cccc(C(N)=O)n3)ccc21.[2H]CC.[B]=NS. The van der Waals surface area contributed by atoms with Crippen molar-refractivity contribution in [3.8, 4) is 44.9 Å². The Morgan fingerprint density at radius 1 is 0.575 bits per heavy atom. The van der Waals surface area contributed by atoms with E-state index < -0.39 is 24.8 Å². The van der Waals surface area contributed by atoms with Gasteiger partial charge in [-0.2, -0.15) is 0 Å². The number of primary amides is 3. The molecule has 0 aliphatic heterocycles. The third kappa shape index (κ3) is 15.3. The first kappa shape index (κ1) is 58.9. The van der Waals surface area contributed by atoms with Crippen LogP contribution in [0.1, 0.15) is 57.8 Å². The second-order valence-corrected chi connectivity index (χ2v) is 19.1. The molecule has 15 nitrogen and oxygen atoms in total. The van der Waals surface area contributed by atoms with E-state index in [-0.39, 0.29) is 17.1 Å². The average Bonchev–Trinajstić information content (AvgIpc) is 4.15. The van der Waals surface area contributed by atoms with Gasteiger partial charge in [-0.1, -0.05) is 110 Å². The molecule has 0 spiro atoms. The molecule has 0 saturated heterocycles. The molecular weight excluding hydrogens is 1090 g/mol. The molecular formula is C61H60B2BrN10O5S. The van der Waals surface area contributed by atoms with E-state index in [0.29, 0.717) is 12.4 Å². The molecule has 5 aromatic carbocycles. The third-order valence-electron chi connectivity index (χ3n) is 12.4. The standard InChI is InChI=1S/C22H19N3O.C15H12BrN3O.C15H13N3O.C7H9BO2.C2H6.BHNS/c1-14-5-3-6-15(11-14)18-13-25(2)21-10-9-16(12-17(18)21)19-7-4-8-20(24-19)22(23)26;1-19-8-11(16)10-7-9(5-6-14(10)19)12-3-2-4-13(18-12)15(17)20;1-18-8-7-11-9-10(5-6-14(11)18)12-3-2-4-13(17-12)15(16)19;1-6-3-2-4-7(5-6)8(9)10;1-2;1-2-3/h3-13H,1-2H3,(H2,23,26);2-8H,1H3,(H2,17,20);2-9H,1H3,(H2,16,19);2-5,9-10H,1H3;1-2H3;3H/i;;;;1D;. The van der Waals surface area contributed by atoms with Crippen LogP contribution in [0.3, 0.4) is 0 Å². The Hall–Kier alpha value is -8.74. The van der Waals surface area contributed by atoms with Crippen molar-refractivity contribution in [2.75, 3.05) is 0 Å². The summed E-state index contributed by atoms with van der Waals surface area (Å²) >= 11 is 6.74. The van der Waals surface area contributed by atoms with Gasteiger partial charge in [-0.05, 0) is 120 Å². The number of pyridine rings is 3. The number of rotatable bonds is 8. The van der Waals surface area contributed by atoms with Gasteiger partial charge in [0, 0.05) is 101 Å². The van der Waals surface area contributed by atoms with Crippen molar-refractivity contribution in [2.45, 2.75) is 27.7 Å². The summed E-state index contributed by atoms with van der Waals surface area (Å²) in [4.78, 5) is 46.7. The second kappa shape index (κ2) is 28.2. The minimum absolute atomic E-state index is 0.273. The van der Waals surface area contributed by atoms with E-state index in [4.69, 9.17) is 28.6 Å². The van der Waals surface area contributed by atoms with E-state index in [1.807, 2.05) is 101 Å². The van der Waals surface area contributed by atoms with Gasteiger partial charge in [0.25, 0.3) is 17.7 Å². The molecule has 403 valence electrons. The summed E-state index contributed by atoms with van der Waals surface area (Å²) < 4.78 is 16.2. The maximum atomic E-state index is 11.4. The topological polar surface area (TPSA) is 236 Å². The first-order chi connectivity index (χ1) is 38.8. The van der Waals surface area contributed by atoms with Crippen molar-refractivity contribution >= 4 is 99.4 Å². The summed E-state index contributed by atoms with van der Waals surface area (Å²) in [5.74, 6) is -1.55. The van der Waals surface area contributed by atoms with Crippen LogP contribution in [0, 0.1) is 13.8 Å². The van der Waals surface area contributed by atoms with Crippen LogP contribution in [0.5, 0.6) is 0 Å². The van der Waals surface area contributed by atoms with E-state index in [0.717, 1.165) is 76.5 Å². The van der Waals surface area contributed by atoms with E-state index >= 15 is 0 Å². The second-order valence-electron chi connectivity index (χ2n) is 18.0. The molecule has 0 fully saturated rings. The number of nitrogens with two attached hydrogens (primary N) is 3. The third-order valence-corrected chi connectivity index (χ3v) is 13.0. The summed E-state index contributed by atoms with van der Waals surface area (Å²) in [6.07, 6.45) is 6.18. The van der Waals surface area contributed by atoms with Crippen molar-refractivity contribution in [3.63, 3.8) is 0 Å². The Balaban J connectivity index is 0.000000174. The number of hydrogen-bond donors (Lipinski definition) is 6. The molecule has 0 atom stereocenters. The minimum atomic E-state index is -1.35. The van der Waals surface area contributed by atoms with Crippen LogP contribution >= 0.6 is 28.7 Å². The predicted molar refractivity (Wildman–Crippen MR) is 331 cm³/mol. The molecule has 0 unspecified atom stereocenters. The van der Waals surface area contributed by atoms with Gasteiger partial charge in [-0.25, -0.2) is 15.0 Å². The molecule has 6 aromatic heterocycles. The average molecular weight is 1150 g/mol. The number of aryl methyl sites for hydroxylation is 5. The maximum absolute atomic E-state index is 11.4. The Labute approximate surface area is 481 Å². The number of aromatic nitrogens is 6. The number of carbonyl (C=O) groups excluding carboxylic acids is 3. The Kier molecular flexibility index (Phi) is 20.8. The van der Waals surface area contributed by atoms with Gasteiger partial charge < -0.3 is 41.0 Å². The van der Waals surface area contributed by atoms with Gasteiger partial charge in [0.15, 0.2) is 0 Å². The fourth-order valence-corrected chi connectivity index (χ4v) is 9.19. The number of halogens is 1. The monoisotopic (exact) mass is 1150 g/mol. The zero-order valence-corrected chi connectivity index (χ0v) is 47.5. The van der Waals surface area contributed by atoms with Crippen LogP contribution in [0.4, 0.5) is 0 Å². The van der Waals surface area contributed by atoms with Crippen molar-refractivity contribution in [1.82, 2.24) is 28.7 Å². The fraction of sp³-hybridized carbons (Fsp3) is 0.115. The van der Waals surface area contributed by atoms with Crippen molar-refractivity contribution in [3.05, 3.63) is 215 Å². The zero-order valence-electron chi connectivity index (χ0n) is 46.0. The number of carbonyl (C=O) groups is 3. The molecule has 80 heavy (non-hydrogen) atoms. The molecule has 8 N–H and O–H groups in total. The van der Waals surface area contributed by atoms with Crippen molar-refractivity contribution < 1.29 is 25.8 Å². The van der Waals surface area contributed by atoms with Gasteiger partial charge in [0.2, 0.25) is 0 Å². The van der Waals surface area contributed by atoms with E-state index in [1.54, 1.807) is 61.5 Å². The van der Waals surface area contributed by atoms with E-state index in [1.165, 1.54) is 16.7 Å². The van der Waals surface area contributed by atoms with Crippen LogP contribution in [-0.4, -0.2) is 71.2 Å². The summed E-state index contributed by atoms with van der Waals surface area (Å²) in [6, 6.07) is 51.9. The van der Waals surface area contributed by atoms with Crippen LogP contribution in [-0.2, 0) is 21.1 Å². The number of benzene rings is 5. The first-order valence-electron chi connectivity index (χ1n) is 25.5. The summed E-state index contributed by atoms with van der Waals surface area (Å²) in [5.41, 5.74) is 30.4. The van der Waals surface area contributed by atoms with Gasteiger partial charge in [-0.3, -0.25) is 14.4 Å². The molecule has 11 aromatic rings. The van der Waals surface area contributed by atoms with E-state index in [9.17, 15) is 14.4 Å². The summed E-state index contributed by atoms with van der Waals surface area (Å²) in [5, 5.41) is 20.8. The van der Waals surface area contributed by atoms with Gasteiger partial charge in [0.05, 0.1) is 17.1 Å². The Morgan fingerprint density at radius 2 is 1.00 bits per heavy atom. The first-order valence-corrected chi connectivity index (χ1v) is 26.0. The van der Waals surface area contributed by atoms with Crippen LogP contribution in [0.15, 0.2) is 191 Å². The summed E-state index contributed by atoms with van der Waals surface area (Å²) in [7, 11) is 9.04. The number of hydrogen-bond acceptors (Lipinski definition) is 10. The molecule has 1 radical (unpaired) electrons. The number of fused-ring (bicyclic) bond motifs is 3. The van der Waals surface area contributed by atoms with Crippen molar-refractivity contribution in [1.29, 1.82) is 0 Å². The van der Waals surface area contributed by atoms with Crippen LogP contribution in [0.2, 0.25) is 0 Å². The van der Waals surface area contributed by atoms with Gasteiger partial charge in [-0.15, -0.1) is 0 Å². The molecule has 0 aliphatic carbocycles. The van der Waals surface area contributed by atoms with Gasteiger partial charge >= 0.3 is 31.9 Å². The molecule has 0 saturated carbocycles. The van der Waals surface area contributed by atoms with E-state index in [2.05, 4.69) is 131 Å². The molecule has 0 aliphatic rings. The van der Waals surface area contributed by atoms with Crippen LogP contribution in [0.25, 0.3) is 77.6 Å². The quantitative estimate of drug-likeness (QED) is 0.0631. The number of thiol groups is 1. The van der Waals surface area contributed by atoms with Crippen molar-refractivity contribution in [2.24, 2.45) is 42.6 Å². The molecule has 19 heteroatoms. The predicted octanol–water partition coefficient (Wildman–Crippen LogP) is 10.6. The normalized spacial score (nSPS) is 10.4. The zero-order chi connectivity index (χ0) is 58.9. The van der Waals surface area contributed by atoms with Gasteiger partial charge in [0.1, 0.15) is 17.1 Å². The summed E-state index contributed by atoms with van der Waals surface area (Å²) in [6.45, 7) is 6.30. The Morgan fingerprint density at radius 3 is 1.46 bits per heavy atom. The van der Waals surface area contributed by atoms with Crippen LogP contribution < -0.4 is 22.7 Å². The fourth-order valence-electron chi connectivity index (χ4n) is 8.57. The molecule has 11 rings (SSSR count). The molecule has 0 bridgehead atoms. The Bertz CT molecular complexity index is 4020. The molecule has 3 amide bonds.